The molecule has 24 heavy (non-hydrogen) atoms. The Labute approximate surface area is 148 Å². The maximum atomic E-state index is 10.2. The van der Waals surface area contributed by atoms with Gasteiger partial charge in [0.05, 0.1) is 12.2 Å². The number of hydrogen-bond donors (Lipinski definition) is 3. The predicted molar refractivity (Wildman–Crippen MR) is 101 cm³/mol. The lowest BCUT2D eigenvalue weighted by atomic mass is 9.70. The molecule has 1 aliphatic rings. The van der Waals surface area contributed by atoms with E-state index in [1.807, 2.05) is 6.08 Å². The van der Waals surface area contributed by atoms with Gasteiger partial charge in [-0.15, -0.1) is 0 Å². The van der Waals surface area contributed by atoms with Crippen LogP contribution in [0.25, 0.3) is 0 Å². The largest absolute Gasteiger partial charge is 0.396 e. The highest BCUT2D eigenvalue weighted by molar-refractivity contribution is 5.07. The fourth-order valence-electron chi connectivity index (χ4n) is 3.44. The van der Waals surface area contributed by atoms with Crippen LogP contribution < -0.4 is 0 Å². The topological polar surface area (TPSA) is 60.7 Å². The standard InChI is InChI=1S/C21H38O3/c1-2-3-7-10-19(23)11-15-21(16-12-20(24)13-17-21)14-8-5-4-6-9-18-22/h5,8,11,15,19-20,22-24H,2-4,6-7,9-10,12-14,16-18H2,1H3. The molecule has 1 unspecified atom stereocenters. The Balaban J connectivity index is 2.52. The maximum absolute atomic E-state index is 10.2. The van der Waals surface area contributed by atoms with Crippen LogP contribution in [-0.4, -0.2) is 34.1 Å². The first kappa shape index (κ1) is 21.4. The van der Waals surface area contributed by atoms with E-state index in [0.29, 0.717) is 0 Å². The molecule has 1 aliphatic carbocycles. The van der Waals surface area contributed by atoms with Gasteiger partial charge >= 0.3 is 0 Å². The molecule has 3 nitrogen and oxygen atoms in total. The SMILES string of the molecule is CCCCCC(O)C=CC1(CC=CCCCCO)CCC(O)CC1. The van der Waals surface area contributed by atoms with Gasteiger partial charge in [-0.25, -0.2) is 0 Å². The molecule has 3 heteroatoms. The summed E-state index contributed by atoms with van der Waals surface area (Å²) < 4.78 is 0. The van der Waals surface area contributed by atoms with Crippen LogP contribution in [0.5, 0.6) is 0 Å². The third-order valence-electron chi connectivity index (χ3n) is 5.20. The van der Waals surface area contributed by atoms with Crippen LogP contribution in [0.1, 0.15) is 84.0 Å². The summed E-state index contributed by atoms with van der Waals surface area (Å²) in [6.45, 7) is 2.45. The molecular weight excluding hydrogens is 300 g/mol. The first-order valence-corrected chi connectivity index (χ1v) is 9.93. The minimum Gasteiger partial charge on any atom is -0.396 e. The molecule has 0 aromatic heterocycles. The molecule has 0 aromatic carbocycles. The lowest BCUT2D eigenvalue weighted by molar-refractivity contribution is 0.0845. The molecule has 0 bridgehead atoms. The van der Waals surface area contributed by atoms with Crippen molar-refractivity contribution in [3.8, 4) is 0 Å². The van der Waals surface area contributed by atoms with Gasteiger partial charge in [0.15, 0.2) is 0 Å². The van der Waals surface area contributed by atoms with Gasteiger partial charge in [-0.1, -0.05) is 50.5 Å². The summed E-state index contributed by atoms with van der Waals surface area (Å²) in [5, 5.41) is 28.8. The van der Waals surface area contributed by atoms with E-state index in [-0.39, 0.29) is 24.2 Å². The molecule has 0 heterocycles. The van der Waals surface area contributed by atoms with Crippen molar-refractivity contribution in [2.75, 3.05) is 6.61 Å². The van der Waals surface area contributed by atoms with Gasteiger partial charge in [0.2, 0.25) is 0 Å². The Morgan fingerprint density at radius 1 is 1.08 bits per heavy atom. The van der Waals surface area contributed by atoms with Crippen LogP contribution in [0.15, 0.2) is 24.3 Å². The summed E-state index contributed by atoms with van der Waals surface area (Å²) >= 11 is 0. The first-order valence-electron chi connectivity index (χ1n) is 9.93. The summed E-state index contributed by atoms with van der Waals surface area (Å²) in [6.07, 6.45) is 20.1. The van der Waals surface area contributed by atoms with Crippen molar-refractivity contribution in [3.05, 3.63) is 24.3 Å². The normalized spacial score (nSPS) is 26.4. The van der Waals surface area contributed by atoms with Crippen molar-refractivity contribution in [1.29, 1.82) is 0 Å². The Morgan fingerprint density at radius 3 is 2.50 bits per heavy atom. The van der Waals surface area contributed by atoms with Gasteiger partial charge in [-0.3, -0.25) is 0 Å². The number of rotatable bonds is 12. The number of hydrogen-bond acceptors (Lipinski definition) is 3. The number of unbranched alkanes of at least 4 members (excludes halogenated alkanes) is 4. The van der Waals surface area contributed by atoms with Gasteiger partial charge in [-0.2, -0.15) is 0 Å². The second-order valence-electron chi connectivity index (χ2n) is 7.41. The van der Waals surface area contributed by atoms with Crippen LogP contribution in [0.2, 0.25) is 0 Å². The average Bonchev–Trinajstić information content (AvgIpc) is 2.59. The molecule has 140 valence electrons. The lowest BCUT2D eigenvalue weighted by Gasteiger charge is -2.36. The van der Waals surface area contributed by atoms with E-state index in [9.17, 15) is 10.2 Å². The van der Waals surface area contributed by atoms with Crippen molar-refractivity contribution in [2.45, 2.75) is 96.2 Å². The van der Waals surface area contributed by atoms with E-state index in [1.54, 1.807) is 0 Å². The zero-order valence-electron chi connectivity index (χ0n) is 15.5. The van der Waals surface area contributed by atoms with Crippen molar-refractivity contribution in [3.63, 3.8) is 0 Å². The van der Waals surface area contributed by atoms with Crippen molar-refractivity contribution >= 4 is 0 Å². The summed E-state index contributed by atoms with van der Waals surface area (Å²) in [5.41, 5.74) is 0.0957. The summed E-state index contributed by atoms with van der Waals surface area (Å²) in [5.74, 6) is 0. The third-order valence-corrected chi connectivity index (χ3v) is 5.20. The molecular formula is C21H38O3. The summed E-state index contributed by atoms with van der Waals surface area (Å²) in [4.78, 5) is 0. The van der Waals surface area contributed by atoms with E-state index in [1.165, 1.54) is 12.8 Å². The van der Waals surface area contributed by atoms with E-state index in [4.69, 9.17) is 5.11 Å². The third kappa shape index (κ3) is 9.00. The van der Waals surface area contributed by atoms with Gasteiger partial charge in [0.25, 0.3) is 0 Å². The molecule has 0 aliphatic heterocycles. The zero-order valence-corrected chi connectivity index (χ0v) is 15.5. The Bertz CT molecular complexity index is 354. The minimum atomic E-state index is -0.339. The number of aliphatic hydroxyl groups excluding tert-OH is 3. The van der Waals surface area contributed by atoms with Crippen LogP contribution in [0, 0.1) is 5.41 Å². The van der Waals surface area contributed by atoms with E-state index < -0.39 is 0 Å². The Hall–Kier alpha value is -0.640. The zero-order chi connectivity index (χ0) is 17.7. The lowest BCUT2D eigenvalue weighted by Crippen LogP contribution is -2.28. The quantitative estimate of drug-likeness (QED) is 0.362. The van der Waals surface area contributed by atoms with Gasteiger partial charge in [0, 0.05) is 6.61 Å². The molecule has 0 spiro atoms. The Morgan fingerprint density at radius 2 is 1.83 bits per heavy atom. The van der Waals surface area contributed by atoms with E-state index >= 15 is 0 Å². The van der Waals surface area contributed by atoms with Gasteiger partial charge in [-0.05, 0) is 63.2 Å². The molecule has 0 amide bonds. The van der Waals surface area contributed by atoms with Crippen LogP contribution >= 0.6 is 0 Å². The second kappa shape index (κ2) is 12.7. The second-order valence-corrected chi connectivity index (χ2v) is 7.41. The highest BCUT2D eigenvalue weighted by atomic mass is 16.3. The average molecular weight is 339 g/mol. The van der Waals surface area contributed by atoms with Crippen molar-refractivity contribution in [2.24, 2.45) is 5.41 Å². The molecule has 1 fully saturated rings. The van der Waals surface area contributed by atoms with E-state index in [0.717, 1.165) is 64.2 Å². The van der Waals surface area contributed by atoms with Gasteiger partial charge in [0.1, 0.15) is 0 Å². The molecule has 3 N–H and O–H groups in total. The molecule has 0 aromatic rings. The molecule has 1 saturated carbocycles. The predicted octanol–water partition coefficient (Wildman–Crippen LogP) is 4.51. The monoisotopic (exact) mass is 338 g/mol. The van der Waals surface area contributed by atoms with Crippen LogP contribution in [0.4, 0.5) is 0 Å². The highest BCUT2D eigenvalue weighted by Crippen LogP contribution is 2.41. The molecule has 1 rings (SSSR count). The van der Waals surface area contributed by atoms with Crippen molar-refractivity contribution in [1.82, 2.24) is 0 Å². The molecule has 1 atom stereocenters. The molecule has 0 saturated heterocycles. The minimum absolute atomic E-state index is 0.0957. The van der Waals surface area contributed by atoms with Crippen LogP contribution in [0.3, 0.4) is 0 Å². The van der Waals surface area contributed by atoms with Crippen LogP contribution in [-0.2, 0) is 0 Å². The smallest absolute Gasteiger partial charge is 0.0721 e. The number of allylic oxidation sites excluding steroid dienone is 3. The maximum Gasteiger partial charge on any atom is 0.0721 e. The number of aliphatic hydroxyl groups is 3. The molecule has 0 radical (unpaired) electrons. The first-order chi connectivity index (χ1) is 11.6. The highest BCUT2D eigenvalue weighted by Gasteiger charge is 2.31. The summed E-state index contributed by atoms with van der Waals surface area (Å²) in [7, 11) is 0. The van der Waals surface area contributed by atoms with E-state index in [2.05, 4.69) is 25.2 Å². The Kier molecular flexibility index (Phi) is 11.3. The summed E-state index contributed by atoms with van der Waals surface area (Å²) in [6, 6.07) is 0. The fraction of sp³-hybridized carbons (Fsp3) is 0.810. The van der Waals surface area contributed by atoms with Crippen molar-refractivity contribution < 1.29 is 15.3 Å². The fourth-order valence-corrected chi connectivity index (χ4v) is 3.44. The van der Waals surface area contributed by atoms with Gasteiger partial charge < -0.3 is 15.3 Å².